The number of anilines is 1. The zero-order chi connectivity index (χ0) is 27.3. The number of amides is 2. The second-order valence-corrected chi connectivity index (χ2v) is 10.2. The molecule has 0 unspecified atom stereocenters. The molecular formula is C29H33ClN4O3. The van der Waals surface area contributed by atoms with Gasteiger partial charge in [-0.2, -0.15) is 0 Å². The fraction of sp³-hybridized carbons (Fsp3) is 0.310. The van der Waals surface area contributed by atoms with E-state index in [2.05, 4.69) is 35.4 Å². The van der Waals surface area contributed by atoms with Crippen molar-refractivity contribution in [3.8, 4) is 0 Å². The number of hydrogen-bond donors (Lipinski definition) is 2. The van der Waals surface area contributed by atoms with E-state index in [0.29, 0.717) is 11.4 Å². The predicted octanol–water partition coefficient (Wildman–Crippen LogP) is 5.51. The van der Waals surface area contributed by atoms with E-state index in [1.165, 1.54) is 12.2 Å². The van der Waals surface area contributed by atoms with Crippen molar-refractivity contribution in [2.45, 2.75) is 41.5 Å². The van der Waals surface area contributed by atoms with Crippen molar-refractivity contribution < 1.29 is 14.4 Å². The van der Waals surface area contributed by atoms with Gasteiger partial charge in [-0.25, -0.2) is 4.99 Å². The lowest BCUT2D eigenvalue weighted by Crippen LogP contribution is -2.39. The number of halogens is 1. The number of nitrogens with zero attached hydrogens (tertiary/aromatic N) is 2. The molecule has 2 aromatic carbocycles. The highest BCUT2D eigenvalue weighted by Gasteiger charge is 2.27. The van der Waals surface area contributed by atoms with Gasteiger partial charge in [0.2, 0.25) is 11.7 Å². The van der Waals surface area contributed by atoms with E-state index in [-0.39, 0.29) is 27.9 Å². The molecule has 0 bridgehead atoms. The molecule has 8 heteroatoms. The van der Waals surface area contributed by atoms with Gasteiger partial charge in [0.25, 0.3) is 5.91 Å². The number of carbonyl (C=O) groups excluding carboxylic acids is 3. The Morgan fingerprint density at radius 1 is 0.973 bits per heavy atom. The molecule has 7 nitrogen and oxygen atoms in total. The van der Waals surface area contributed by atoms with Crippen LogP contribution in [0.2, 0.25) is 5.02 Å². The number of ketones is 1. The maximum Gasteiger partial charge on any atom is 0.257 e. The summed E-state index contributed by atoms with van der Waals surface area (Å²) < 4.78 is 0. The third-order valence-electron chi connectivity index (χ3n) is 5.94. The van der Waals surface area contributed by atoms with E-state index in [1.807, 2.05) is 19.1 Å². The van der Waals surface area contributed by atoms with Crippen molar-refractivity contribution in [3.05, 3.63) is 82.2 Å². The van der Waals surface area contributed by atoms with Gasteiger partial charge in [0.05, 0.1) is 33.4 Å². The summed E-state index contributed by atoms with van der Waals surface area (Å²) in [6.45, 7) is 13.3. The van der Waals surface area contributed by atoms with Crippen LogP contribution in [0, 0.1) is 12.3 Å². The van der Waals surface area contributed by atoms with Crippen molar-refractivity contribution in [1.82, 2.24) is 10.6 Å². The quantitative estimate of drug-likeness (QED) is 0.471. The van der Waals surface area contributed by atoms with Gasteiger partial charge in [-0.15, -0.1) is 0 Å². The number of hydrogen-bond acceptors (Lipinski definition) is 5. The summed E-state index contributed by atoms with van der Waals surface area (Å²) in [7, 11) is 0. The molecule has 0 heterocycles. The zero-order valence-electron chi connectivity index (χ0n) is 22.1. The van der Waals surface area contributed by atoms with Gasteiger partial charge in [0.15, 0.2) is 0 Å². The first-order valence-corrected chi connectivity index (χ1v) is 12.6. The molecule has 2 amide bonds. The third kappa shape index (κ3) is 6.74. The summed E-state index contributed by atoms with van der Waals surface area (Å²) in [4.78, 5) is 45.5. The monoisotopic (exact) mass is 520 g/mol. The van der Waals surface area contributed by atoms with Gasteiger partial charge in [-0.3, -0.25) is 14.4 Å². The molecule has 2 aromatic rings. The minimum Gasteiger partial charge on any atom is -0.372 e. The van der Waals surface area contributed by atoms with Crippen LogP contribution >= 0.6 is 11.6 Å². The Kier molecular flexibility index (Phi) is 8.71. The summed E-state index contributed by atoms with van der Waals surface area (Å²) in [5, 5.41) is 5.74. The van der Waals surface area contributed by atoms with Crippen molar-refractivity contribution >= 4 is 46.3 Å². The van der Waals surface area contributed by atoms with E-state index in [1.54, 1.807) is 45.0 Å². The van der Waals surface area contributed by atoms with Crippen molar-refractivity contribution in [2.75, 3.05) is 18.0 Å². The van der Waals surface area contributed by atoms with Gasteiger partial charge >= 0.3 is 0 Å². The number of nitrogens with one attached hydrogen (secondary N) is 2. The highest BCUT2D eigenvalue weighted by Crippen LogP contribution is 2.27. The number of rotatable bonds is 7. The Bertz CT molecular complexity index is 1310. The second kappa shape index (κ2) is 11.6. The van der Waals surface area contributed by atoms with Gasteiger partial charge < -0.3 is 15.5 Å². The van der Waals surface area contributed by atoms with Crippen LogP contribution < -0.4 is 15.5 Å². The van der Waals surface area contributed by atoms with E-state index in [4.69, 9.17) is 16.6 Å². The van der Waals surface area contributed by atoms with Gasteiger partial charge in [-0.1, -0.05) is 44.5 Å². The molecule has 0 saturated heterocycles. The first-order chi connectivity index (χ1) is 17.4. The molecule has 37 heavy (non-hydrogen) atoms. The third-order valence-corrected chi connectivity index (χ3v) is 6.27. The van der Waals surface area contributed by atoms with E-state index >= 15 is 0 Å². The first-order valence-electron chi connectivity index (χ1n) is 12.2. The fourth-order valence-electron chi connectivity index (χ4n) is 3.68. The van der Waals surface area contributed by atoms with Crippen LogP contribution in [0.5, 0.6) is 0 Å². The Morgan fingerprint density at radius 3 is 2.24 bits per heavy atom. The van der Waals surface area contributed by atoms with Gasteiger partial charge in [0, 0.05) is 30.3 Å². The summed E-state index contributed by atoms with van der Waals surface area (Å²) in [6.07, 6.45) is 2.76. The van der Waals surface area contributed by atoms with Crippen LogP contribution in [0.4, 0.5) is 11.4 Å². The normalized spacial score (nSPS) is 14.7. The highest BCUT2D eigenvalue weighted by atomic mass is 35.5. The number of aliphatic imine (C=N–C) groups is 1. The Balaban J connectivity index is 2.02. The Labute approximate surface area is 223 Å². The molecule has 1 aliphatic rings. The largest absolute Gasteiger partial charge is 0.372 e. The number of aryl methyl sites for hydroxylation is 1. The Hall–Kier alpha value is -3.71. The topological polar surface area (TPSA) is 90.9 Å². The molecule has 194 valence electrons. The molecular weight excluding hydrogens is 488 g/mol. The van der Waals surface area contributed by atoms with Gasteiger partial charge in [-0.05, 0) is 62.7 Å². The van der Waals surface area contributed by atoms with Crippen LogP contribution in [0.1, 0.15) is 50.5 Å². The minimum atomic E-state index is -0.682. The lowest BCUT2D eigenvalue weighted by molar-refractivity contribution is -0.127. The van der Waals surface area contributed by atoms with Crippen molar-refractivity contribution in [3.63, 3.8) is 0 Å². The number of benzene rings is 2. The molecule has 0 spiro atoms. The average Bonchev–Trinajstić information content (AvgIpc) is 2.83. The van der Waals surface area contributed by atoms with Crippen molar-refractivity contribution in [1.29, 1.82) is 0 Å². The molecule has 0 saturated carbocycles. The lowest BCUT2D eigenvalue weighted by atomic mass is 9.94. The number of allylic oxidation sites excluding steroid dienone is 2. The zero-order valence-corrected chi connectivity index (χ0v) is 22.9. The molecule has 0 radical (unpaired) electrons. The van der Waals surface area contributed by atoms with Crippen LogP contribution in [0.3, 0.4) is 0 Å². The summed E-state index contributed by atoms with van der Waals surface area (Å²) in [6, 6.07) is 12.5. The van der Waals surface area contributed by atoms with E-state index in [9.17, 15) is 14.4 Å². The minimum absolute atomic E-state index is 0.0369. The molecule has 0 atom stereocenters. The molecule has 3 rings (SSSR count). The van der Waals surface area contributed by atoms with Crippen LogP contribution in [-0.4, -0.2) is 36.4 Å². The predicted molar refractivity (Wildman–Crippen MR) is 150 cm³/mol. The fourth-order valence-corrected chi connectivity index (χ4v) is 3.91. The molecule has 2 N–H and O–H groups in total. The SMILES string of the molecule is CCN(CC)c1ccc(N=C2C=C(NC(=O)c3ccccc3Cl)C(=O)C=C2NC(=O)C(C)(C)C)c(C)c1. The molecule has 1 aliphatic carbocycles. The first kappa shape index (κ1) is 27.9. The maximum atomic E-state index is 12.9. The molecule has 0 aliphatic heterocycles. The summed E-state index contributed by atoms with van der Waals surface area (Å²) >= 11 is 6.15. The smallest absolute Gasteiger partial charge is 0.257 e. The van der Waals surface area contributed by atoms with Crippen LogP contribution in [0.25, 0.3) is 0 Å². The van der Waals surface area contributed by atoms with E-state index < -0.39 is 17.1 Å². The molecule has 0 aromatic heterocycles. The number of carbonyl (C=O) groups is 3. The summed E-state index contributed by atoms with van der Waals surface area (Å²) in [5.41, 5.74) is 2.93. The summed E-state index contributed by atoms with van der Waals surface area (Å²) in [5.74, 6) is -1.23. The van der Waals surface area contributed by atoms with Crippen LogP contribution in [0.15, 0.2) is 71.0 Å². The average molecular weight is 521 g/mol. The maximum absolute atomic E-state index is 12.9. The highest BCUT2D eigenvalue weighted by molar-refractivity contribution is 6.34. The molecule has 0 fully saturated rings. The Morgan fingerprint density at radius 2 is 1.65 bits per heavy atom. The van der Waals surface area contributed by atoms with Gasteiger partial charge in [0.1, 0.15) is 0 Å². The van der Waals surface area contributed by atoms with E-state index in [0.717, 1.165) is 24.3 Å². The standard InChI is InChI=1S/C29H33ClN4O3/c1-7-34(8-2)19-13-14-22(18(3)15-19)31-23-16-25(32-27(36)20-11-9-10-12-21(20)30)26(35)17-24(23)33-28(37)29(4,5)6/h9-17H,7-8H2,1-6H3,(H,32,36)(H,33,37). The van der Waals surface area contributed by atoms with Crippen LogP contribution in [-0.2, 0) is 9.59 Å². The van der Waals surface area contributed by atoms with Crippen molar-refractivity contribution in [2.24, 2.45) is 10.4 Å². The lowest BCUT2D eigenvalue weighted by Gasteiger charge is -2.23. The second-order valence-electron chi connectivity index (χ2n) is 9.76.